The van der Waals surface area contributed by atoms with E-state index in [-0.39, 0.29) is 19.2 Å². The van der Waals surface area contributed by atoms with E-state index >= 15 is 0 Å². The molecule has 0 amide bonds. The van der Waals surface area contributed by atoms with Gasteiger partial charge in [0.25, 0.3) is 0 Å². The minimum atomic E-state index is -0.837. The summed E-state index contributed by atoms with van der Waals surface area (Å²) in [5, 5.41) is 6.61. The van der Waals surface area contributed by atoms with E-state index in [9.17, 15) is 4.79 Å². The standard InChI is InChI=1S/C13H18N4O2/c1-3-19-13(18)12(16-17-14)9-15-10(2)11-7-5-4-6-8-11/h4-8,10,12,15H,3,9H2,1-2H3/t10-,12+/m1/s1. The highest BCUT2D eigenvalue weighted by atomic mass is 16.5. The molecule has 1 rings (SSSR count). The number of hydrogen-bond acceptors (Lipinski definition) is 4. The van der Waals surface area contributed by atoms with Gasteiger partial charge in [0.1, 0.15) is 6.04 Å². The minimum Gasteiger partial charge on any atom is -0.466 e. The molecule has 0 saturated carbocycles. The van der Waals surface area contributed by atoms with Crippen molar-refractivity contribution >= 4 is 5.97 Å². The molecule has 0 spiro atoms. The molecule has 2 atom stereocenters. The molecule has 0 bridgehead atoms. The van der Waals surface area contributed by atoms with Crippen LogP contribution in [0.15, 0.2) is 35.4 Å². The van der Waals surface area contributed by atoms with Gasteiger partial charge in [0, 0.05) is 17.5 Å². The SMILES string of the molecule is CCOC(=O)[C@H](CN[C@H](C)c1ccccc1)N=[N+]=[N-]. The van der Waals surface area contributed by atoms with Crippen molar-refractivity contribution in [3.63, 3.8) is 0 Å². The van der Waals surface area contributed by atoms with Crippen LogP contribution < -0.4 is 5.32 Å². The number of rotatable bonds is 7. The second-order valence-electron chi connectivity index (χ2n) is 4.01. The number of nitrogens with zero attached hydrogens (tertiary/aromatic N) is 3. The quantitative estimate of drug-likeness (QED) is 0.354. The molecule has 0 fully saturated rings. The molecule has 0 aliphatic heterocycles. The maximum Gasteiger partial charge on any atom is 0.316 e. The number of hydrogen-bond donors (Lipinski definition) is 1. The van der Waals surface area contributed by atoms with Gasteiger partial charge in [0.2, 0.25) is 0 Å². The predicted molar refractivity (Wildman–Crippen MR) is 72.4 cm³/mol. The lowest BCUT2D eigenvalue weighted by molar-refractivity contribution is -0.144. The van der Waals surface area contributed by atoms with Crippen LogP contribution in [-0.2, 0) is 9.53 Å². The topological polar surface area (TPSA) is 87.1 Å². The van der Waals surface area contributed by atoms with Crippen molar-refractivity contribution in [2.75, 3.05) is 13.2 Å². The molecule has 102 valence electrons. The molecule has 1 aromatic carbocycles. The van der Waals surface area contributed by atoms with Crippen molar-refractivity contribution in [2.45, 2.75) is 25.9 Å². The van der Waals surface area contributed by atoms with Crippen LogP contribution in [0.25, 0.3) is 10.4 Å². The Hall–Kier alpha value is -2.04. The number of carbonyl (C=O) groups is 1. The van der Waals surface area contributed by atoms with Crippen LogP contribution in [0.1, 0.15) is 25.5 Å². The Labute approximate surface area is 112 Å². The summed E-state index contributed by atoms with van der Waals surface area (Å²) in [6.07, 6.45) is 0. The third-order valence-electron chi connectivity index (χ3n) is 2.67. The van der Waals surface area contributed by atoms with Crippen molar-refractivity contribution in [3.8, 4) is 0 Å². The van der Waals surface area contributed by atoms with Crippen LogP contribution in [-0.4, -0.2) is 25.2 Å². The van der Waals surface area contributed by atoms with Gasteiger partial charge in [-0.15, -0.1) is 0 Å². The monoisotopic (exact) mass is 262 g/mol. The molecule has 0 heterocycles. The number of nitrogens with one attached hydrogen (secondary N) is 1. The summed E-state index contributed by atoms with van der Waals surface area (Å²) < 4.78 is 4.85. The van der Waals surface area contributed by atoms with Crippen molar-refractivity contribution in [1.29, 1.82) is 0 Å². The van der Waals surface area contributed by atoms with Gasteiger partial charge in [-0.25, -0.2) is 0 Å². The van der Waals surface area contributed by atoms with E-state index in [1.807, 2.05) is 37.3 Å². The van der Waals surface area contributed by atoms with Gasteiger partial charge < -0.3 is 10.1 Å². The number of ether oxygens (including phenoxy) is 1. The molecule has 19 heavy (non-hydrogen) atoms. The van der Waals surface area contributed by atoms with E-state index in [0.29, 0.717) is 0 Å². The van der Waals surface area contributed by atoms with E-state index < -0.39 is 12.0 Å². The molecule has 0 saturated heterocycles. The summed E-state index contributed by atoms with van der Waals surface area (Å²) in [7, 11) is 0. The highest BCUT2D eigenvalue weighted by molar-refractivity contribution is 5.76. The maximum atomic E-state index is 11.6. The number of benzene rings is 1. The molecule has 6 heteroatoms. The highest BCUT2D eigenvalue weighted by Crippen LogP contribution is 2.11. The molecule has 1 aromatic rings. The summed E-state index contributed by atoms with van der Waals surface area (Å²) in [6.45, 7) is 4.21. The molecule has 0 aromatic heterocycles. The first-order valence-corrected chi connectivity index (χ1v) is 6.18. The first kappa shape index (κ1) is 15.0. The molecule has 0 aliphatic carbocycles. The Morgan fingerprint density at radius 2 is 2.16 bits per heavy atom. The normalized spacial score (nSPS) is 13.2. The fourth-order valence-electron chi connectivity index (χ4n) is 1.62. The summed E-state index contributed by atoms with van der Waals surface area (Å²) >= 11 is 0. The molecule has 1 N–H and O–H groups in total. The van der Waals surface area contributed by atoms with Crippen LogP contribution in [0.3, 0.4) is 0 Å². The molecular weight excluding hydrogens is 244 g/mol. The van der Waals surface area contributed by atoms with Gasteiger partial charge in [0.05, 0.1) is 6.61 Å². The minimum absolute atomic E-state index is 0.0621. The number of azide groups is 1. The fourth-order valence-corrected chi connectivity index (χ4v) is 1.62. The zero-order chi connectivity index (χ0) is 14.1. The summed E-state index contributed by atoms with van der Waals surface area (Å²) in [6, 6.07) is 9.04. The van der Waals surface area contributed by atoms with Crippen molar-refractivity contribution in [2.24, 2.45) is 5.11 Å². The highest BCUT2D eigenvalue weighted by Gasteiger charge is 2.18. The largest absolute Gasteiger partial charge is 0.466 e. The predicted octanol–water partition coefficient (Wildman–Crippen LogP) is 2.58. The number of carbonyl (C=O) groups excluding carboxylic acids is 1. The Morgan fingerprint density at radius 3 is 2.74 bits per heavy atom. The van der Waals surface area contributed by atoms with Crippen LogP contribution in [0.5, 0.6) is 0 Å². The van der Waals surface area contributed by atoms with Crippen LogP contribution in [0, 0.1) is 0 Å². The Kier molecular flexibility index (Phi) is 6.43. The van der Waals surface area contributed by atoms with Crippen LogP contribution >= 0.6 is 0 Å². The van der Waals surface area contributed by atoms with Crippen molar-refractivity contribution in [1.82, 2.24) is 5.32 Å². The lowest BCUT2D eigenvalue weighted by Crippen LogP contribution is -2.34. The third kappa shape index (κ3) is 4.99. The Bertz CT molecular complexity index is 443. The second-order valence-corrected chi connectivity index (χ2v) is 4.01. The van der Waals surface area contributed by atoms with Gasteiger partial charge in [-0.05, 0) is 24.9 Å². The van der Waals surface area contributed by atoms with Gasteiger partial charge in [-0.3, -0.25) is 4.79 Å². The van der Waals surface area contributed by atoms with E-state index in [1.54, 1.807) is 6.92 Å². The van der Waals surface area contributed by atoms with Gasteiger partial charge >= 0.3 is 5.97 Å². The maximum absolute atomic E-state index is 11.6. The molecule has 6 nitrogen and oxygen atoms in total. The van der Waals surface area contributed by atoms with E-state index in [1.165, 1.54) is 0 Å². The van der Waals surface area contributed by atoms with Crippen molar-refractivity contribution in [3.05, 3.63) is 46.3 Å². The second kappa shape index (κ2) is 8.13. The summed E-state index contributed by atoms with van der Waals surface area (Å²) in [5.74, 6) is -0.506. The average Bonchev–Trinajstić information content (AvgIpc) is 2.44. The summed E-state index contributed by atoms with van der Waals surface area (Å²) in [4.78, 5) is 14.2. The lowest BCUT2D eigenvalue weighted by Gasteiger charge is -2.17. The van der Waals surface area contributed by atoms with Gasteiger partial charge in [-0.1, -0.05) is 35.4 Å². The van der Waals surface area contributed by atoms with Gasteiger partial charge in [-0.2, -0.15) is 0 Å². The zero-order valence-electron chi connectivity index (χ0n) is 11.1. The molecule has 0 aliphatic rings. The zero-order valence-corrected chi connectivity index (χ0v) is 11.1. The summed E-state index contributed by atoms with van der Waals surface area (Å²) in [5.41, 5.74) is 9.56. The lowest BCUT2D eigenvalue weighted by atomic mass is 10.1. The number of esters is 1. The Morgan fingerprint density at radius 1 is 1.47 bits per heavy atom. The van der Waals surface area contributed by atoms with E-state index in [2.05, 4.69) is 15.3 Å². The fraction of sp³-hybridized carbons (Fsp3) is 0.462. The van der Waals surface area contributed by atoms with Crippen molar-refractivity contribution < 1.29 is 9.53 Å². The molecular formula is C13H18N4O2. The molecule has 0 radical (unpaired) electrons. The third-order valence-corrected chi connectivity index (χ3v) is 2.67. The smallest absolute Gasteiger partial charge is 0.316 e. The van der Waals surface area contributed by atoms with E-state index in [4.69, 9.17) is 10.3 Å². The van der Waals surface area contributed by atoms with Gasteiger partial charge in [0.15, 0.2) is 0 Å². The van der Waals surface area contributed by atoms with Crippen LogP contribution in [0.4, 0.5) is 0 Å². The Balaban J connectivity index is 2.57. The first-order valence-electron chi connectivity index (χ1n) is 6.18. The van der Waals surface area contributed by atoms with Crippen LogP contribution in [0.2, 0.25) is 0 Å². The average molecular weight is 262 g/mol. The first-order chi connectivity index (χ1) is 9.19. The molecule has 0 unspecified atom stereocenters. The van der Waals surface area contributed by atoms with E-state index in [0.717, 1.165) is 5.56 Å².